The topological polar surface area (TPSA) is 6.48 Å². The number of nitrogens with zero attached hydrogens (tertiary/aromatic N) is 2. The van der Waals surface area contributed by atoms with Gasteiger partial charge in [0.1, 0.15) is 0 Å². The Morgan fingerprint density at radius 1 is 1.00 bits per heavy atom. The lowest BCUT2D eigenvalue weighted by atomic mass is 9.85. The van der Waals surface area contributed by atoms with Crippen molar-refractivity contribution < 1.29 is 0 Å². The van der Waals surface area contributed by atoms with Crippen LogP contribution in [-0.4, -0.2) is 23.0 Å². The Morgan fingerprint density at radius 2 is 1.79 bits per heavy atom. The van der Waals surface area contributed by atoms with Gasteiger partial charge < -0.3 is 9.80 Å². The number of hydrogen-bond donors (Lipinski definition) is 0. The monoisotopic (exact) mass is 388 g/mol. The number of benzene rings is 1. The Kier molecular flexibility index (Phi) is 5.99. The van der Waals surface area contributed by atoms with Crippen molar-refractivity contribution in [2.24, 2.45) is 17.8 Å². The molecule has 154 valence electrons. The highest BCUT2D eigenvalue weighted by atomic mass is 15.4. The Labute approximate surface area is 177 Å². The predicted molar refractivity (Wildman–Crippen MR) is 123 cm³/mol. The van der Waals surface area contributed by atoms with Crippen LogP contribution >= 0.6 is 0 Å². The Morgan fingerprint density at radius 3 is 2.52 bits per heavy atom. The van der Waals surface area contributed by atoms with Gasteiger partial charge in [0.05, 0.1) is 12.7 Å². The van der Waals surface area contributed by atoms with Gasteiger partial charge in [-0.1, -0.05) is 82.3 Å². The molecule has 1 saturated heterocycles. The number of allylic oxidation sites excluding steroid dienone is 8. The van der Waals surface area contributed by atoms with E-state index in [9.17, 15) is 0 Å². The van der Waals surface area contributed by atoms with E-state index in [1.54, 1.807) is 5.70 Å². The fourth-order valence-electron chi connectivity index (χ4n) is 5.16. The molecule has 3 aliphatic rings. The van der Waals surface area contributed by atoms with Crippen LogP contribution < -0.4 is 0 Å². The molecule has 1 aromatic carbocycles. The van der Waals surface area contributed by atoms with E-state index in [1.807, 2.05) is 0 Å². The Hall–Kier alpha value is -2.22. The van der Waals surface area contributed by atoms with Gasteiger partial charge in [0.2, 0.25) is 0 Å². The summed E-state index contributed by atoms with van der Waals surface area (Å²) in [5.74, 6) is 1.83. The molecule has 1 heterocycles. The summed E-state index contributed by atoms with van der Waals surface area (Å²) in [4.78, 5) is 5.37. The minimum absolute atomic E-state index is 0.419. The van der Waals surface area contributed by atoms with Gasteiger partial charge >= 0.3 is 0 Å². The van der Waals surface area contributed by atoms with Crippen molar-refractivity contribution in [1.82, 2.24) is 9.80 Å². The zero-order valence-electron chi connectivity index (χ0n) is 18.5. The molecule has 0 saturated carbocycles. The average Bonchev–Trinajstić information content (AvgIpc) is 3.19. The molecule has 0 aromatic heterocycles. The molecule has 1 aliphatic heterocycles. The van der Waals surface area contributed by atoms with Crippen molar-refractivity contribution in [2.45, 2.75) is 53.0 Å². The van der Waals surface area contributed by atoms with Crippen molar-refractivity contribution in [3.63, 3.8) is 0 Å². The SMILES string of the molecule is CC(C)C1=C(N2C[C@@H](c3ccccc3)N(C3=CC=CCC3C(C)C)C2)CCC=C1. The van der Waals surface area contributed by atoms with Crippen LogP contribution in [0.4, 0.5) is 0 Å². The van der Waals surface area contributed by atoms with Crippen LogP contribution in [0, 0.1) is 17.8 Å². The minimum Gasteiger partial charge on any atom is -0.355 e. The van der Waals surface area contributed by atoms with Crippen LogP contribution in [-0.2, 0) is 0 Å². The molecule has 1 unspecified atom stereocenters. The lowest BCUT2D eigenvalue weighted by Crippen LogP contribution is -2.32. The summed E-state index contributed by atoms with van der Waals surface area (Å²) in [5, 5.41) is 0. The number of hydrogen-bond acceptors (Lipinski definition) is 2. The van der Waals surface area contributed by atoms with Gasteiger partial charge in [0.25, 0.3) is 0 Å². The van der Waals surface area contributed by atoms with Gasteiger partial charge in [0.15, 0.2) is 0 Å². The predicted octanol–water partition coefficient (Wildman–Crippen LogP) is 6.68. The molecule has 0 N–H and O–H groups in total. The van der Waals surface area contributed by atoms with Crippen molar-refractivity contribution in [1.29, 1.82) is 0 Å². The molecule has 0 spiro atoms. The molecular formula is C27H36N2. The van der Waals surface area contributed by atoms with Crippen molar-refractivity contribution in [3.8, 4) is 0 Å². The molecule has 1 fully saturated rings. The smallest absolute Gasteiger partial charge is 0.0905 e. The first-order chi connectivity index (χ1) is 14.1. The second-order valence-corrected chi connectivity index (χ2v) is 9.36. The lowest BCUT2D eigenvalue weighted by molar-refractivity contribution is 0.240. The van der Waals surface area contributed by atoms with E-state index >= 15 is 0 Å². The summed E-state index contributed by atoms with van der Waals surface area (Å²) < 4.78 is 0. The normalized spacial score (nSPS) is 24.8. The molecule has 0 amide bonds. The van der Waals surface area contributed by atoms with E-state index in [1.165, 1.54) is 23.3 Å². The first-order valence-electron chi connectivity index (χ1n) is 11.4. The van der Waals surface area contributed by atoms with Gasteiger partial charge in [-0.15, -0.1) is 0 Å². The minimum atomic E-state index is 0.419. The van der Waals surface area contributed by atoms with E-state index < -0.39 is 0 Å². The third-order valence-corrected chi connectivity index (χ3v) is 6.77. The molecule has 4 rings (SSSR count). The lowest BCUT2D eigenvalue weighted by Gasteiger charge is -2.36. The van der Waals surface area contributed by atoms with Gasteiger partial charge in [-0.3, -0.25) is 0 Å². The zero-order valence-corrected chi connectivity index (χ0v) is 18.5. The second kappa shape index (κ2) is 8.65. The first kappa shape index (κ1) is 20.1. The molecule has 2 nitrogen and oxygen atoms in total. The highest BCUT2D eigenvalue weighted by Crippen LogP contribution is 2.41. The van der Waals surface area contributed by atoms with E-state index in [-0.39, 0.29) is 0 Å². The van der Waals surface area contributed by atoms with Gasteiger partial charge in [-0.05, 0) is 48.3 Å². The van der Waals surface area contributed by atoms with Crippen LogP contribution in [0.25, 0.3) is 0 Å². The summed E-state index contributed by atoms with van der Waals surface area (Å²) in [6.45, 7) is 11.5. The molecule has 0 radical (unpaired) electrons. The maximum absolute atomic E-state index is 2.70. The Bertz CT molecular complexity index is 825. The standard InChI is InChI=1S/C27H36N2/c1-20(2)23-14-8-10-16-25(23)28-18-27(22-12-6-5-7-13-22)29(19-28)26-17-11-9-15-24(26)21(3)4/h5-9,11-14,17,20-21,24,27H,10,15-16,18-19H2,1-4H3/t24?,27-/m0/s1. The van der Waals surface area contributed by atoms with Crippen molar-refractivity contribution in [3.05, 3.63) is 83.2 Å². The number of rotatable bonds is 5. The van der Waals surface area contributed by atoms with Crippen LogP contribution in [0.2, 0.25) is 0 Å². The summed E-state index contributed by atoms with van der Waals surface area (Å²) in [7, 11) is 0. The highest BCUT2D eigenvalue weighted by Gasteiger charge is 2.37. The van der Waals surface area contributed by atoms with E-state index in [4.69, 9.17) is 0 Å². The third kappa shape index (κ3) is 4.08. The zero-order chi connectivity index (χ0) is 20.4. The van der Waals surface area contributed by atoms with Gasteiger partial charge in [-0.2, -0.15) is 0 Å². The molecular weight excluding hydrogens is 352 g/mol. The average molecular weight is 389 g/mol. The van der Waals surface area contributed by atoms with Crippen molar-refractivity contribution >= 4 is 0 Å². The van der Waals surface area contributed by atoms with Crippen LogP contribution in [0.15, 0.2) is 77.7 Å². The van der Waals surface area contributed by atoms with E-state index in [0.29, 0.717) is 23.8 Å². The van der Waals surface area contributed by atoms with Crippen LogP contribution in [0.1, 0.15) is 58.6 Å². The fraction of sp³-hybridized carbons (Fsp3) is 0.481. The first-order valence-corrected chi connectivity index (χ1v) is 11.4. The molecule has 2 heteroatoms. The second-order valence-electron chi connectivity index (χ2n) is 9.36. The maximum Gasteiger partial charge on any atom is 0.0905 e. The summed E-state index contributed by atoms with van der Waals surface area (Å²) in [5.41, 5.74) is 6.06. The molecule has 29 heavy (non-hydrogen) atoms. The van der Waals surface area contributed by atoms with E-state index in [2.05, 4.69) is 98.2 Å². The largest absolute Gasteiger partial charge is 0.355 e. The highest BCUT2D eigenvalue weighted by molar-refractivity contribution is 5.33. The van der Waals surface area contributed by atoms with E-state index in [0.717, 1.165) is 26.1 Å². The molecule has 1 aromatic rings. The summed E-state index contributed by atoms with van der Waals surface area (Å²) in [6, 6.07) is 11.5. The van der Waals surface area contributed by atoms with Gasteiger partial charge in [0, 0.05) is 23.9 Å². The quantitative estimate of drug-likeness (QED) is 0.555. The van der Waals surface area contributed by atoms with Crippen LogP contribution in [0.3, 0.4) is 0 Å². The summed E-state index contributed by atoms with van der Waals surface area (Å²) >= 11 is 0. The fourth-order valence-corrected chi connectivity index (χ4v) is 5.16. The van der Waals surface area contributed by atoms with Gasteiger partial charge in [-0.25, -0.2) is 0 Å². The Balaban J connectivity index is 1.72. The molecule has 2 atom stereocenters. The maximum atomic E-state index is 2.70. The van der Waals surface area contributed by atoms with Crippen molar-refractivity contribution in [2.75, 3.05) is 13.2 Å². The van der Waals surface area contributed by atoms with Crippen LogP contribution in [0.5, 0.6) is 0 Å². The molecule has 0 bridgehead atoms. The summed E-state index contributed by atoms with van der Waals surface area (Å²) in [6.07, 6.45) is 15.2. The third-order valence-electron chi connectivity index (χ3n) is 6.77. The molecule has 2 aliphatic carbocycles.